The first-order valence-corrected chi connectivity index (χ1v) is 7.71. The molecule has 2 fully saturated rings. The van der Waals surface area contributed by atoms with Crippen molar-refractivity contribution < 1.29 is 0 Å². The fourth-order valence-electron chi connectivity index (χ4n) is 2.70. The zero-order chi connectivity index (χ0) is 12.1. The Morgan fingerprint density at radius 1 is 1.12 bits per heavy atom. The molecule has 0 amide bonds. The molecule has 17 heavy (non-hydrogen) atoms. The molecular weight excluding hydrogens is 208 g/mol. The van der Waals surface area contributed by atoms with Gasteiger partial charge >= 0.3 is 0 Å². The van der Waals surface area contributed by atoms with E-state index in [1.165, 1.54) is 64.6 Å². The van der Waals surface area contributed by atoms with E-state index in [1.807, 2.05) is 0 Å². The van der Waals surface area contributed by atoms with E-state index in [1.54, 1.807) is 0 Å². The summed E-state index contributed by atoms with van der Waals surface area (Å²) >= 11 is 0. The largest absolute Gasteiger partial charge is 0.317 e. The van der Waals surface area contributed by atoms with Crippen LogP contribution in [0.2, 0.25) is 0 Å². The molecule has 1 unspecified atom stereocenters. The highest BCUT2D eigenvalue weighted by Crippen LogP contribution is 2.33. The van der Waals surface area contributed by atoms with E-state index in [4.69, 9.17) is 0 Å². The van der Waals surface area contributed by atoms with E-state index in [0.717, 1.165) is 17.9 Å². The lowest BCUT2D eigenvalue weighted by Gasteiger charge is -2.23. The second-order valence-corrected chi connectivity index (χ2v) is 6.18. The molecule has 1 atom stereocenters. The molecule has 2 heteroatoms. The quantitative estimate of drug-likeness (QED) is 0.629. The Kier molecular flexibility index (Phi) is 5.30. The van der Waals surface area contributed by atoms with Gasteiger partial charge < -0.3 is 10.2 Å². The van der Waals surface area contributed by atoms with Gasteiger partial charge in [-0.1, -0.05) is 6.92 Å². The van der Waals surface area contributed by atoms with Crippen LogP contribution in [0.1, 0.15) is 51.9 Å². The third-order valence-electron chi connectivity index (χ3n) is 4.35. The van der Waals surface area contributed by atoms with Crippen molar-refractivity contribution in [3.8, 4) is 0 Å². The van der Waals surface area contributed by atoms with Crippen molar-refractivity contribution in [2.45, 2.75) is 57.9 Å². The van der Waals surface area contributed by atoms with Crippen molar-refractivity contribution in [1.82, 2.24) is 10.2 Å². The molecule has 0 spiro atoms. The van der Waals surface area contributed by atoms with Gasteiger partial charge in [0.1, 0.15) is 0 Å². The van der Waals surface area contributed by atoms with E-state index >= 15 is 0 Å². The summed E-state index contributed by atoms with van der Waals surface area (Å²) in [4.78, 5) is 2.76. The SMILES string of the molecule is CCC(CCCN(CC1CC1)CC1CC1)NC. The molecule has 0 aromatic rings. The van der Waals surface area contributed by atoms with Gasteiger partial charge in [0.05, 0.1) is 0 Å². The third kappa shape index (κ3) is 5.39. The fourth-order valence-corrected chi connectivity index (χ4v) is 2.70. The van der Waals surface area contributed by atoms with Crippen LogP contribution in [0.25, 0.3) is 0 Å². The fraction of sp³-hybridized carbons (Fsp3) is 1.00. The molecule has 2 rings (SSSR count). The van der Waals surface area contributed by atoms with E-state index in [2.05, 4.69) is 24.2 Å². The van der Waals surface area contributed by atoms with E-state index in [-0.39, 0.29) is 0 Å². The van der Waals surface area contributed by atoms with Crippen molar-refractivity contribution >= 4 is 0 Å². The number of nitrogens with zero attached hydrogens (tertiary/aromatic N) is 1. The summed E-state index contributed by atoms with van der Waals surface area (Å²) in [5.41, 5.74) is 0. The Labute approximate surface area is 107 Å². The van der Waals surface area contributed by atoms with Gasteiger partial charge in [-0.25, -0.2) is 0 Å². The van der Waals surface area contributed by atoms with Crippen LogP contribution in [0.4, 0.5) is 0 Å². The molecule has 2 nitrogen and oxygen atoms in total. The second-order valence-electron chi connectivity index (χ2n) is 6.18. The van der Waals surface area contributed by atoms with Gasteiger partial charge in [-0.15, -0.1) is 0 Å². The predicted octanol–water partition coefficient (Wildman–Crippen LogP) is 2.89. The van der Waals surface area contributed by atoms with Crippen LogP contribution in [0.3, 0.4) is 0 Å². The number of hydrogen-bond acceptors (Lipinski definition) is 2. The number of hydrogen-bond donors (Lipinski definition) is 1. The molecule has 100 valence electrons. The first kappa shape index (κ1) is 13.4. The average molecular weight is 238 g/mol. The summed E-state index contributed by atoms with van der Waals surface area (Å²) in [7, 11) is 2.10. The minimum atomic E-state index is 0.735. The Morgan fingerprint density at radius 2 is 1.71 bits per heavy atom. The predicted molar refractivity (Wildman–Crippen MR) is 74.3 cm³/mol. The first-order chi connectivity index (χ1) is 8.31. The molecule has 0 aromatic heterocycles. The Bertz CT molecular complexity index is 191. The average Bonchev–Trinajstić information content (AvgIpc) is 3.20. The third-order valence-corrected chi connectivity index (χ3v) is 4.35. The standard InChI is InChI=1S/C15H30N2/c1-3-15(16-2)5-4-10-17(11-13-6-7-13)12-14-8-9-14/h13-16H,3-12H2,1-2H3. The minimum absolute atomic E-state index is 0.735. The van der Waals surface area contributed by atoms with Crippen LogP contribution in [0.15, 0.2) is 0 Å². The van der Waals surface area contributed by atoms with E-state index < -0.39 is 0 Å². The number of rotatable bonds is 10. The highest BCUT2D eigenvalue weighted by atomic mass is 15.1. The zero-order valence-corrected chi connectivity index (χ0v) is 11.8. The van der Waals surface area contributed by atoms with E-state index in [0.29, 0.717) is 0 Å². The molecule has 1 N–H and O–H groups in total. The zero-order valence-electron chi connectivity index (χ0n) is 11.8. The van der Waals surface area contributed by atoms with Gasteiger partial charge in [0.25, 0.3) is 0 Å². The van der Waals surface area contributed by atoms with Gasteiger partial charge in [0, 0.05) is 19.1 Å². The molecule has 0 saturated heterocycles. The van der Waals surface area contributed by atoms with Crippen molar-refractivity contribution in [3.05, 3.63) is 0 Å². The van der Waals surface area contributed by atoms with E-state index in [9.17, 15) is 0 Å². The lowest BCUT2D eigenvalue weighted by molar-refractivity contribution is 0.243. The summed E-state index contributed by atoms with van der Waals surface area (Å²) in [6, 6.07) is 0.735. The Morgan fingerprint density at radius 3 is 2.12 bits per heavy atom. The lowest BCUT2D eigenvalue weighted by atomic mass is 10.1. The normalized spacial score (nSPS) is 22.1. The first-order valence-electron chi connectivity index (χ1n) is 7.71. The van der Waals surface area contributed by atoms with Gasteiger partial charge in [0.2, 0.25) is 0 Å². The molecule has 2 aliphatic rings. The smallest absolute Gasteiger partial charge is 0.00619 e. The lowest BCUT2D eigenvalue weighted by Crippen LogP contribution is -2.31. The van der Waals surface area contributed by atoms with Crippen LogP contribution in [-0.2, 0) is 0 Å². The topological polar surface area (TPSA) is 15.3 Å². The molecule has 0 radical (unpaired) electrons. The van der Waals surface area contributed by atoms with Gasteiger partial charge in [-0.05, 0) is 70.4 Å². The van der Waals surface area contributed by atoms with Gasteiger partial charge in [0.15, 0.2) is 0 Å². The van der Waals surface area contributed by atoms with Crippen LogP contribution in [0.5, 0.6) is 0 Å². The summed E-state index contributed by atoms with van der Waals surface area (Å²) in [5.74, 6) is 2.11. The molecule has 0 aliphatic heterocycles. The van der Waals surface area contributed by atoms with Crippen LogP contribution in [-0.4, -0.2) is 37.6 Å². The monoisotopic (exact) mass is 238 g/mol. The summed E-state index contributed by atoms with van der Waals surface area (Å²) in [6.45, 7) is 6.41. The van der Waals surface area contributed by atoms with Crippen molar-refractivity contribution in [2.24, 2.45) is 11.8 Å². The highest BCUT2D eigenvalue weighted by Gasteiger charge is 2.28. The maximum Gasteiger partial charge on any atom is 0.00619 e. The Hall–Kier alpha value is -0.0800. The van der Waals surface area contributed by atoms with Crippen LogP contribution < -0.4 is 5.32 Å². The maximum atomic E-state index is 3.41. The molecule has 2 saturated carbocycles. The molecule has 0 bridgehead atoms. The van der Waals surface area contributed by atoms with Crippen molar-refractivity contribution in [2.75, 3.05) is 26.7 Å². The summed E-state index contributed by atoms with van der Waals surface area (Å²) < 4.78 is 0. The summed E-state index contributed by atoms with van der Waals surface area (Å²) in [6.07, 6.45) is 9.97. The molecule has 0 aromatic carbocycles. The summed E-state index contributed by atoms with van der Waals surface area (Å²) in [5, 5.41) is 3.41. The van der Waals surface area contributed by atoms with Crippen molar-refractivity contribution in [3.63, 3.8) is 0 Å². The maximum absolute atomic E-state index is 3.41. The van der Waals surface area contributed by atoms with Gasteiger partial charge in [-0.2, -0.15) is 0 Å². The van der Waals surface area contributed by atoms with Gasteiger partial charge in [-0.3, -0.25) is 0 Å². The Balaban J connectivity index is 1.60. The molecule has 2 aliphatic carbocycles. The number of nitrogens with one attached hydrogen (secondary N) is 1. The van der Waals surface area contributed by atoms with Crippen molar-refractivity contribution in [1.29, 1.82) is 0 Å². The molecular formula is C15H30N2. The minimum Gasteiger partial charge on any atom is -0.317 e. The van der Waals surface area contributed by atoms with Crippen LogP contribution in [0, 0.1) is 11.8 Å². The second kappa shape index (κ2) is 6.75. The van der Waals surface area contributed by atoms with Crippen LogP contribution >= 0.6 is 0 Å². The highest BCUT2D eigenvalue weighted by molar-refractivity contribution is 4.82. The molecule has 0 heterocycles.